The van der Waals surface area contributed by atoms with Crippen molar-refractivity contribution in [1.29, 1.82) is 0 Å². The maximum absolute atomic E-state index is 5.56. The molecule has 1 atom stereocenters. The number of ether oxygens (including phenoxy) is 1. The number of rotatable bonds is 6. The van der Waals surface area contributed by atoms with Gasteiger partial charge in [0.2, 0.25) is 0 Å². The Kier molecular flexibility index (Phi) is 5.21. The second-order valence-electron chi connectivity index (χ2n) is 5.37. The first-order valence-electron chi connectivity index (χ1n) is 7.20. The van der Waals surface area contributed by atoms with E-state index in [2.05, 4.69) is 43.4 Å². The molecule has 100 valence electrons. The van der Waals surface area contributed by atoms with Gasteiger partial charge in [-0.3, -0.25) is 0 Å². The van der Waals surface area contributed by atoms with Crippen molar-refractivity contribution in [1.82, 2.24) is 5.32 Å². The van der Waals surface area contributed by atoms with Gasteiger partial charge in [0, 0.05) is 12.6 Å². The van der Waals surface area contributed by atoms with E-state index in [1.165, 1.54) is 30.4 Å². The summed E-state index contributed by atoms with van der Waals surface area (Å²) in [6.45, 7) is 6.08. The predicted octanol–water partition coefficient (Wildman–Crippen LogP) is 3.47. The van der Waals surface area contributed by atoms with Crippen LogP contribution < -0.4 is 5.32 Å². The van der Waals surface area contributed by atoms with Crippen molar-refractivity contribution in [2.45, 2.75) is 51.7 Å². The van der Waals surface area contributed by atoms with E-state index in [-0.39, 0.29) is 0 Å². The van der Waals surface area contributed by atoms with E-state index >= 15 is 0 Å². The molecule has 0 bridgehead atoms. The van der Waals surface area contributed by atoms with Gasteiger partial charge < -0.3 is 10.1 Å². The van der Waals surface area contributed by atoms with Gasteiger partial charge in [-0.25, -0.2) is 0 Å². The maximum Gasteiger partial charge on any atom is 0.0518 e. The monoisotopic (exact) mass is 247 g/mol. The molecule has 0 heterocycles. The third-order valence-electron chi connectivity index (χ3n) is 3.53. The Morgan fingerprint density at radius 1 is 1.33 bits per heavy atom. The van der Waals surface area contributed by atoms with Crippen molar-refractivity contribution in [3.63, 3.8) is 0 Å². The summed E-state index contributed by atoms with van der Waals surface area (Å²) in [5, 5.41) is 3.67. The highest BCUT2D eigenvalue weighted by atomic mass is 16.5. The highest BCUT2D eigenvalue weighted by Crippen LogP contribution is 2.29. The molecule has 18 heavy (non-hydrogen) atoms. The van der Waals surface area contributed by atoms with E-state index in [1.54, 1.807) is 0 Å². The highest BCUT2D eigenvalue weighted by molar-refractivity contribution is 5.32. The summed E-state index contributed by atoms with van der Waals surface area (Å²) in [4.78, 5) is 0. The molecule has 0 saturated carbocycles. The van der Waals surface area contributed by atoms with Crippen LogP contribution in [-0.2, 0) is 11.2 Å². The number of fused-ring (bicyclic) bond motifs is 1. The molecule has 0 saturated heterocycles. The van der Waals surface area contributed by atoms with Crippen LogP contribution >= 0.6 is 0 Å². The molecular formula is C16H25NO. The SMILES string of the molecule is CC(C)OCCCNC1CCCc2ccccc21. The summed E-state index contributed by atoms with van der Waals surface area (Å²) in [7, 11) is 0. The van der Waals surface area contributed by atoms with E-state index in [4.69, 9.17) is 4.74 Å². The van der Waals surface area contributed by atoms with Gasteiger partial charge in [-0.1, -0.05) is 24.3 Å². The Hall–Kier alpha value is -0.860. The molecule has 0 radical (unpaired) electrons. The Morgan fingerprint density at radius 2 is 2.17 bits per heavy atom. The van der Waals surface area contributed by atoms with E-state index < -0.39 is 0 Å². The second kappa shape index (κ2) is 6.91. The average Bonchev–Trinajstić information content (AvgIpc) is 2.38. The van der Waals surface area contributed by atoms with Gasteiger partial charge in [0.1, 0.15) is 0 Å². The molecule has 1 aromatic carbocycles. The first-order chi connectivity index (χ1) is 8.77. The molecule has 2 nitrogen and oxygen atoms in total. The quantitative estimate of drug-likeness (QED) is 0.777. The molecule has 1 aliphatic rings. The number of hydrogen-bond acceptors (Lipinski definition) is 2. The fraction of sp³-hybridized carbons (Fsp3) is 0.625. The largest absolute Gasteiger partial charge is 0.379 e. The Labute approximate surface area is 111 Å². The molecule has 0 fully saturated rings. The van der Waals surface area contributed by atoms with Crippen LogP contribution in [-0.4, -0.2) is 19.3 Å². The maximum atomic E-state index is 5.56. The van der Waals surface area contributed by atoms with Gasteiger partial charge in [0.05, 0.1) is 6.10 Å². The van der Waals surface area contributed by atoms with Crippen molar-refractivity contribution in [3.8, 4) is 0 Å². The summed E-state index contributed by atoms with van der Waals surface area (Å²) in [5.74, 6) is 0. The minimum Gasteiger partial charge on any atom is -0.379 e. The molecule has 1 N–H and O–H groups in total. The summed E-state index contributed by atoms with van der Waals surface area (Å²) in [6, 6.07) is 9.40. The zero-order valence-corrected chi connectivity index (χ0v) is 11.6. The van der Waals surface area contributed by atoms with Crippen molar-refractivity contribution in [3.05, 3.63) is 35.4 Å². The van der Waals surface area contributed by atoms with Crippen LogP contribution in [0.3, 0.4) is 0 Å². The van der Waals surface area contributed by atoms with Crippen LogP contribution in [0.15, 0.2) is 24.3 Å². The van der Waals surface area contributed by atoms with E-state index in [9.17, 15) is 0 Å². The van der Waals surface area contributed by atoms with Crippen LogP contribution in [0.1, 0.15) is 50.3 Å². The van der Waals surface area contributed by atoms with Crippen molar-refractivity contribution in [2.24, 2.45) is 0 Å². The number of hydrogen-bond donors (Lipinski definition) is 1. The topological polar surface area (TPSA) is 21.3 Å². The molecule has 0 aliphatic heterocycles. The summed E-state index contributed by atoms with van der Waals surface area (Å²) in [5.41, 5.74) is 3.04. The zero-order valence-electron chi connectivity index (χ0n) is 11.6. The first-order valence-corrected chi connectivity index (χ1v) is 7.20. The van der Waals surface area contributed by atoms with Gasteiger partial charge in [-0.15, -0.1) is 0 Å². The standard InChI is InChI=1S/C16H25NO/c1-13(2)18-12-6-11-17-16-10-5-8-14-7-3-4-9-15(14)16/h3-4,7,9,13,16-17H,5-6,8,10-12H2,1-2H3. The van der Waals surface area contributed by atoms with Crippen molar-refractivity contribution in [2.75, 3.05) is 13.2 Å². The van der Waals surface area contributed by atoms with Crippen LogP contribution in [0.4, 0.5) is 0 Å². The molecule has 1 aromatic rings. The average molecular weight is 247 g/mol. The third-order valence-corrected chi connectivity index (χ3v) is 3.53. The number of benzene rings is 1. The first kappa shape index (κ1) is 13.6. The second-order valence-corrected chi connectivity index (χ2v) is 5.37. The van der Waals surface area contributed by atoms with E-state index in [0.29, 0.717) is 12.1 Å². The Bertz CT molecular complexity index is 362. The molecule has 0 amide bonds. The Morgan fingerprint density at radius 3 is 3.00 bits per heavy atom. The van der Waals surface area contributed by atoms with Crippen LogP contribution in [0.2, 0.25) is 0 Å². The summed E-state index contributed by atoms with van der Waals surface area (Å²) < 4.78 is 5.56. The zero-order chi connectivity index (χ0) is 12.8. The van der Waals surface area contributed by atoms with E-state index in [0.717, 1.165) is 19.6 Å². The third kappa shape index (κ3) is 3.82. The highest BCUT2D eigenvalue weighted by Gasteiger charge is 2.18. The van der Waals surface area contributed by atoms with Crippen LogP contribution in [0, 0.1) is 0 Å². The lowest BCUT2D eigenvalue weighted by molar-refractivity contribution is 0.0766. The van der Waals surface area contributed by atoms with Gasteiger partial charge >= 0.3 is 0 Å². The molecule has 2 heteroatoms. The smallest absolute Gasteiger partial charge is 0.0518 e. The summed E-state index contributed by atoms with van der Waals surface area (Å²) in [6.07, 6.45) is 5.25. The van der Waals surface area contributed by atoms with Crippen LogP contribution in [0.5, 0.6) is 0 Å². The van der Waals surface area contributed by atoms with Crippen molar-refractivity contribution < 1.29 is 4.74 Å². The lowest BCUT2D eigenvalue weighted by atomic mass is 9.88. The predicted molar refractivity (Wildman–Crippen MR) is 75.8 cm³/mol. The fourth-order valence-electron chi connectivity index (χ4n) is 2.63. The molecule has 2 rings (SSSR count). The lowest BCUT2D eigenvalue weighted by Gasteiger charge is -2.26. The normalized spacial score (nSPS) is 18.9. The molecule has 1 unspecified atom stereocenters. The lowest BCUT2D eigenvalue weighted by Crippen LogP contribution is -2.26. The van der Waals surface area contributed by atoms with E-state index in [1.807, 2.05) is 0 Å². The number of aryl methyl sites for hydroxylation is 1. The van der Waals surface area contributed by atoms with Gasteiger partial charge in [0.25, 0.3) is 0 Å². The van der Waals surface area contributed by atoms with Crippen molar-refractivity contribution >= 4 is 0 Å². The van der Waals surface area contributed by atoms with Gasteiger partial charge in [-0.2, -0.15) is 0 Å². The minimum absolute atomic E-state index is 0.348. The van der Waals surface area contributed by atoms with Crippen LogP contribution in [0.25, 0.3) is 0 Å². The molecule has 1 aliphatic carbocycles. The molecule has 0 spiro atoms. The van der Waals surface area contributed by atoms with Gasteiger partial charge in [0.15, 0.2) is 0 Å². The minimum atomic E-state index is 0.348. The number of nitrogens with one attached hydrogen (secondary N) is 1. The molecule has 0 aromatic heterocycles. The molecular weight excluding hydrogens is 222 g/mol. The van der Waals surface area contributed by atoms with Gasteiger partial charge in [-0.05, 0) is 57.2 Å². The summed E-state index contributed by atoms with van der Waals surface area (Å²) >= 11 is 0. The Balaban J connectivity index is 1.77. The fourth-order valence-corrected chi connectivity index (χ4v) is 2.63.